The van der Waals surface area contributed by atoms with Crippen molar-refractivity contribution in [2.75, 3.05) is 0 Å². The summed E-state index contributed by atoms with van der Waals surface area (Å²) in [5.74, 6) is 0. The molecule has 0 atom stereocenters. The van der Waals surface area contributed by atoms with E-state index < -0.39 is 0 Å². The maximum absolute atomic E-state index is 4.94. The van der Waals surface area contributed by atoms with E-state index in [1.54, 1.807) is 0 Å². The third-order valence-electron chi connectivity index (χ3n) is 4.82. The zero-order valence-corrected chi connectivity index (χ0v) is 12.7. The fourth-order valence-corrected chi connectivity index (χ4v) is 3.82. The zero-order chi connectivity index (χ0) is 15.7. The van der Waals surface area contributed by atoms with Crippen LogP contribution >= 0.6 is 0 Å². The van der Waals surface area contributed by atoms with Crippen LogP contribution in [0.25, 0.3) is 22.0 Å². The second-order valence-corrected chi connectivity index (χ2v) is 6.10. The molecule has 0 unspecified atom stereocenters. The summed E-state index contributed by atoms with van der Waals surface area (Å²) in [6.45, 7) is 0. The summed E-state index contributed by atoms with van der Waals surface area (Å²) in [5.41, 5.74) is 5.28. The molecule has 0 radical (unpaired) electrons. The Kier molecular flexibility index (Phi) is 2.10. The van der Waals surface area contributed by atoms with E-state index in [1.807, 2.05) is 24.4 Å². The van der Waals surface area contributed by atoms with E-state index in [0.717, 1.165) is 54.6 Å². The van der Waals surface area contributed by atoms with Crippen LogP contribution in [0.5, 0.6) is 0 Å². The second-order valence-electron chi connectivity index (χ2n) is 6.10. The highest BCUT2D eigenvalue weighted by Gasteiger charge is 2.22. The Morgan fingerprint density at radius 3 is 2.62 bits per heavy atom. The Labute approximate surface area is 137 Å². The average molecular weight is 305 g/mol. The van der Waals surface area contributed by atoms with Gasteiger partial charge in [0.05, 0.1) is 27.6 Å². The minimum Gasteiger partial charge on any atom is -0.255 e. The maximum Gasteiger partial charge on any atom is 0.0839 e. The molecule has 0 bridgehead atoms. The minimum absolute atomic E-state index is 0.983. The summed E-state index contributed by atoms with van der Waals surface area (Å²) >= 11 is 0. The molecule has 3 aromatic carbocycles. The summed E-state index contributed by atoms with van der Waals surface area (Å²) < 4.78 is 0. The molecule has 3 heteroatoms. The van der Waals surface area contributed by atoms with Gasteiger partial charge in [0.2, 0.25) is 0 Å². The van der Waals surface area contributed by atoms with Gasteiger partial charge in [0.1, 0.15) is 0 Å². The fraction of sp³-hybridized carbons (Fsp3) is 0. The number of hydrogen-bond acceptors (Lipinski definition) is 3. The normalized spacial score (nSPS) is 12.8. The van der Waals surface area contributed by atoms with Crippen LogP contribution in [0.1, 0.15) is 0 Å². The predicted octanol–water partition coefficient (Wildman–Crippen LogP) is 3.72. The van der Waals surface area contributed by atoms with Crippen LogP contribution in [-0.4, -0.2) is 4.98 Å². The molecule has 4 aromatic rings. The summed E-state index contributed by atoms with van der Waals surface area (Å²) in [5, 5.41) is 5.40. The number of pyridine rings is 1. The van der Waals surface area contributed by atoms with Crippen molar-refractivity contribution in [3.8, 4) is 11.1 Å². The molecule has 2 aliphatic heterocycles. The molecular formula is C21H11N3. The Morgan fingerprint density at radius 1 is 0.750 bits per heavy atom. The first kappa shape index (κ1) is 12.1. The Bertz CT molecular complexity index is 1400. The zero-order valence-electron chi connectivity index (χ0n) is 12.7. The Morgan fingerprint density at radius 2 is 1.62 bits per heavy atom. The highest BCUT2D eigenvalue weighted by Crippen LogP contribution is 2.39. The number of rotatable bonds is 0. The monoisotopic (exact) mass is 305 g/mol. The van der Waals surface area contributed by atoms with Crippen LogP contribution < -0.4 is 10.7 Å². The van der Waals surface area contributed by atoms with Gasteiger partial charge in [-0.05, 0) is 24.3 Å². The number of aromatic nitrogens is 1. The topological polar surface area (TPSA) is 37.6 Å². The van der Waals surface area contributed by atoms with Crippen molar-refractivity contribution in [1.29, 1.82) is 0 Å². The molecular weight excluding hydrogens is 294 g/mol. The number of nitrogens with zero attached hydrogens (tertiary/aromatic N) is 3. The van der Waals surface area contributed by atoms with Crippen molar-refractivity contribution in [2.24, 2.45) is 9.98 Å². The number of hydrogen-bond donors (Lipinski definition) is 0. The van der Waals surface area contributed by atoms with Crippen molar-refractivity contribution in [1.82, 2.24) is 4.98 Å². The Balaban J connectivity index is 2.02. The minimum atomic E-state index is 0.983. The molecule has 0 N–H and O–H groups in total. The van der Waals surface area contributed by atoms with Crippen molar-refractivity contribution >= 4 is 22.3 Å². The lowest BCUT2D eigenvalue weighted by atomic mass is 9.99. The molecule has 2 aliphatic rings. The molecule has 24 heavy (non-hydrogen) atoms. The second kappa shape index (κ2) is 4.15. The number of fused-ring (bicyclic) bond motifs is 9. The standard InChI is InChI=1S/C21H11N3/c1-4-10-16-12(6-1)17-19-14(8-5-11-22-19)20-18(21(17)24-16)13-7-2-3-9-15(13)23-20/h1-11H. The van der Waals surface area contributed by atoms with Crippen LogP contribution in [0.2, 0.25) is 0 Å². The molecule has 1 aromatic heterocycles. The summed E-state index contributed by atoms with van der Waals surface area (Å²) in [7, 11) is 0. The van der Waals surface area contributed by atoms with Gasteiger partial charge in [-0.25, -0.2) is 9.98 Å². The van der Waals surface area contributed by atoms with E-state index in [2.05, 4.69) is 47.4 Å². The van der Waals surface area contributed by atoms with Crippen molar-refractivity contribution in [3.63, 3.8) is 0 Å². The van der Waals surface area contributed by atoms with Crippen LogP contribution in [0, 0.1) is 10.4 Å². The van der Waals surface area contributed by atoms with Crippen LogP contribution in [-0.2, 0) is 0 Å². The third kappa shape index (κ3) is 1.35. The average Bonchev–Trinajstić information content (AvgIpc) is 3.20. The first-order chi connectivity index (χ1) is 11.9. The van der Waals surface area contributed by atoms with Crippen LogP contribution in [0.3, 0.4) is 0 Å². The highest BCUT2D eigenvalue weighted by atomic mass is 14.8. The van der Waals surface area contributed by atoms with Gasteiger partial charge < -0.3 is 0 Å². The third-order valence-corrected chi connectivity index (χ3v) is 4.82. The van der Waals surface area contributed by atoms with Crippen LogP contribution in [0.4, 0.5) is 11.4 Å². The molecule has 0 saturated carbocycles. The van der Waals surface area contributed by atoms with Gasteiger partial charge >= 0.3 is 0 Å². The molecule has 0 spiro atoms. The van der Waals surface area contributed by atoms with Gasteiger partial charge in [-0.15, -0.1) is 0 Å². The molecule has 0 amide bonds. The Hall–Kier alpha value is -3.33. The first-order valence-corrected chi connectivity index (χ1v) is 7.99. The SMILES string of the molecule is c1ccc2c(c1)N=c1c-2c2ncccc2c2c1=c1ccccc1=N2. The summed E-state index contributed by atoms with van der Waals surface area (Å²) in [4.78, 5) is 14.5. The maximum atomic E-state index is 4.94. The van der Waals surface area contributed by atoms with Crippen molar-refractivity contribution < 1.29 is 0 Å². The smallest absolute Gasteiger partial charge is 0.0839 e. The molecule has 3 nitrogen and oxygen atoms in total. The molecule has 3 heterocycles. The first-order valence-electron chi connectivity index (χ1n) is 7.99. The van der Waals surface area contributed by atoms with E-state index in [4.69, 9.17) is 9.98 Å². The van der Waals surface area contributed by atoms with E-state index in [-0.39, 0.29) is 0 Å². The predicted molar refractivity (Wildman–Crippen MR) is 92.9 cm³/mol. The molecule has 110 valence electrons. The van der Waals surface area contributed by atoms with E-state index >= 15 is 0 Å². The number of para-hydroxylation sites is 2. The summed E-state index contributed by atoms with van der Waals surface area (Å²) in [6, 6.07) is 20.6. The lowest BCUT2D eigenvalue weighted by Crippen LogP contribution is -2.07. The highest BCUT2D eigenvalue weighted by molar-refractivity contribution is 6.03. The van der Waals surface area contributed by atoms with E-state index in [0.29, 0.717) is 0 Å². The van der Waals surface area contributed by atoms with Crippen molar-refractivity contribution in [3.05, 3.63) is 88.0 Å². The van der Waals surface area contributed by atoms with E-state index in [1.165, 1.54) is 0 Å². The lowest BCUT2D eigenvalue weighted by molar-refractivity contribution is 1.34. The largest absolute Gasteiger partial charge is 0.255 e. The van der Waals surface area contributed by atoms with E-state index in [9.17, 15) is 0 Å². The van der Waals surface area contributed by atoms with Gasteiger partial charge in [0, 0.05) is 33.1 Å². The van der Waals surface area contributed by atoms with Gasteiger partial charge in [0.25, 0.3) is 0 Å². The number of benzene rings is 3. The molecule has 0 aliphatic carbocycles. The van der Waals surface area contributed by atoms with Crippen LogP contribution in [0.15, 0.2) is 76.8 Å². The molecule has 0 fully saturated rings. The van der Waals surface area contributed by atoms with Gasteiger partial charge in [-0.2, -0.15) is 0 Å². The van der Waals surface area contributed by atoms with Gasteiger partial charge in [-0.3, -0.25) is 4.98 Å². The lowest BCUT2D eigenvalue weighted by Gasteiger charge is -2.06. The van der Waals surface area contributed by atoms with Gasteiger partial charge in [-0.1, -0.05) is 36.4 Å². The molecule has 6 rings (SSSR count). The van der Waals surface area contributed by atoms with Gasteiger partial charge in [0.15, 0.2) is 0 Å². The molecule has 0 saturated heterocycles. The fourth-order valence-electron chi connectivity index (χ4n) is 3.82. The van der Waals surface area contributed by atoms with Crippen molar-refractivity contribution in [2.45, 2.75) is 0 Å². The quantitative estimate of drug-likeness (QED) is 0.421. The summed E-state index contributed by atoms with van der Waals surface area (Å²) in [6.07, 6.45) is 1.85.